The van der Waals surface area contributed by atoms with Gasteiger partial charge in [0.1, 0.15) is 18.0 Å². The molecule has 1 unspecified atom stereocenters. The summed E-state index contributed by atoms with van der Waals surface area (Å²) in [4.78, 5) is 0. The van der Waals surface area contributed by atoms with E-state index in [0.29, 0.717) is 32.8 Å². The second-order valence-corrected chi connectivity index (χ2v) is 10.6. The normalized spacial score (nSPS) is 20.4. The van der Waals surface area contributed by atoms with Crippen LogP contribution in [0.5, 0.6) is 5.75 Å². The molecule has 5 heteroatoms. The summed E-state index contributed by atoms with van der Waals surface area (Å²) in [5.41, 5.74) is 3.31. The van der Waals surface area contributed by atoms with Crippen molar-refractivity contribution in [1.82, 2.24) is 0 Å². The first-order valence-electron chi connectivity index (χ1n) is 14.5. The molecule has 1 heterocycles. The van der Waals surface area contributed by atoms with Crippen LogP contribution in [0.15, 0.2) is 133 Å². The maximum atomic E-state index is 6.57. The second-order valence-electron chi connectivity index (χ2n) is 10.6. The zero-order valence-electron chi connectivity index (χ0n) is 23.6. The molecule has 1 fully saturated rings. The van der Waals surface area contributed by atoms with Crippen molar-refractivity contribution >= 4 is 10.8 Å². The highest BCUT2D eigenvalue weighted by Gasteiger charge is 2.41. The lowest BCUT2D eigenvalue weighted by molar-refractivity contribution is -0.257. The van der Waals surface area contributed by atoms with Crippen LogP contribution in [-0.4, -0.2) is 31.2 Å². The summed E-state index contributed by atoms with van der Waals surface area (Å²) in [6.07, 6.45) is -1.00. The van der Waals surface area contributed by atoms with Gasteiger partial charge in [0.2, 0.25) is 6.29 Å². The van der Waals surface area contributed by atoms with Crippen molar-refractivity contribution in [1.29, 1.82) is 0 Å². The fourth-order valence-electron chi connectivity index (χ4n) is 5.28. The van der Waals surface area contributed by atoms with E-state index in [1.165, 1.54) is 5.39 Å². The summed E-state index contributed by atoms with van der Waals surface area (Å²) in [6.45, 7) is 1.75. The van der Waals surface area contributed by atoms with Crippen molar-refractivity contribution in [3.63, 3.8) is 0 Å². The highest BCUT2D eigenvalue weighted by atomic mass is 16.7. The van der Waals surface area contributed by atoms with E-state index in [2.05, 4.69) is 60.7 Å². The lowest BCUT2D eigenvalue weighted by atomic mass is 10.0. The molecule has 0 N–H and O–H groups in total. The summed E-state index contributed by atoms with van der Waals surface area (Å²) in [5, 5.41) is 2.29. The third kappa shape index (κ3) is 7.64. The Labute approximate surface area is 247 Å². The molecule has 1 saturated heterocycles. The third-order valence-electron chi connectivity index (χ3n) is 7.46. The Bertz CT molecular complexity index is 1510. The van der Waals surface area contributed by atoms with Crippen LogP contribution in [0.1, 0.15) is 23.1 Å². The fourth-order valence-corrected chi connectivity index (χ4v) is 5.28. The fraction of sp³-hybridized carbons (Fsp3) is 0.243. The predicted molar refractivity (Wildman–Crippen MR) is 164 cm³/mol. The largest absolute Gasteiger partial charge is 0.465 e. The number of rotatable bonds is 12. The van der Waals surface area contributed by atoms with Crippen molar-refractivity contribution in [2.75, 3.05) is 6.61 Å². The molecule has 0 amide bonds. The lowest BCUT2D eigenvalue weighted by Gasteiger charge is -2.41. The molecule has 214 valence electrons. The van der Waals surface area contributed by atoms with Crippen LogP contribution in [0.25, 0.3) is 10.8 Å². The SMILES string of the molecule is c1ccc(COCC2O[C@H](Oc3ccc4ccccc4c3)C[C@@H](OCc3ccccc3)[C@H]2OCc2ccccc2)cc1. The molecule has 0 aromatic heterocycles. The molecule has 0 bridgehead atoms. The predicted octanol–water partition coefficient (Wildman–Crippen LogP) is 7.72. The van der Waals surface area contributed by atoms with E-state index >= 15 is 0 Å². The van der Waals surface area contributed by atoms with Gasteiger partial charge in [-0.15, -0.1) is 0 Å². The van der Waals surface area contributed by atoms with Gasteiger partial charge in [0.15, 0.2) is 0 Å². The first kappa shape index (κ1) is 28.1. The highest BCUT2D eigenvalue weighted by molar-refractivity contribution is 5.83. The summed E-state index contributed by atoms with van der Waals surface area (Å²) >= 11 is 0. The third-order valence-corrected chi connectivity index (χ3v) is 7.46. The Morgan fingerprint density at radius 2 is 1.14 bits per heavy atom. The number of ether oxygens (including phenoxy) is 5. The summed E-state index contributed by atoms with van der Waals surface area (Å²) in [5.74, 6) is 0.758. The smallest absolute Gasteiger partial charge is 0.202 e. The molecular formula is C37H36O5. The van der Waals surface area contributed by atoms with Gasteiger partial charge in [-0.3, -0.25) is 0 Å². The molecule has 1 aliphatic rings. The van der Waals surface area contributed by atoms with Crippen molar-refractivity contribution in [3.8, 4) is 5.75 Å². The summed E-state index contributed by atoms with van der Waals surface area (Å²) in [7, 11) is 0. The van der Waals surface area contributed by atoms with Gasteiger partial charge in [0.05, 0.1) is 32.5 Å². The van der Waals surface area contributed by atoms with E-state index in [4.69, 9.17) is 23.7 Å². The maximum absolute atomic E-state index is 6.57. The van der Waals surface area contributed by atoms with Crippen molar-refractivity contribution in [2.24, 2.45) is 0 Å². The minimum Gasteiger partial charge on any atom is -0.465 e. The van der Waals surface area contributed by atoms with Gasteiger partial charge >= 0.3 is 0 Å². The van der Waals surface area contributed by atoms with Crippen LogP contribution in [-0.2, 0) is 38.8 Å². The van der Waals surface area contributed by atoms with E-state index in [-0.39, 0.29) is 12.2 Å². The quantitative estimate of drug-likeness (QED) is 0.156. The molecule has 0 spiro atoms. The summed E-state index contributed by atoms with van der Waals surface area (Å²) < 4.78 is 32.3. The van der Waals surface area contributed by atoms with Gasteiger partial charge < -0.3 is 23.7 Å². The number of fused-ring (bicyclic) bond motifs is 1. The molecule has 42 heavy (non-hydrogen) atoms. The molecule has 0 aliphatic carbocycles. The van der Waals surface area contributed by atoms with Gasteiger partial charge in [-0.1, -0.05) is 121 Å². The number of hydrogen-bond acceptors (Lipinski definition) is 5. The summed E-state index contributed by atoms with van der Waals surface area (Å²) in [6, 6.07) is 44.9. The lowest BCUT2D eigenvalue weighted by Crippen LogP contribution is -2.53. The van der Waals surface area contributed by atoms with E-state index in [1.54, 1.807) is 0 Å². The topological polar surface area (TPSA) is 46.2 Å². The van der Waals surface area contributed by atoms with Crippen molar-refractivity contribution < 1.29 is 23.7 Å². The minimum atomic E-state index is -0.520. The van der Waals surface area contributed by atoms with Crippen LogP contribution in [0.2, 0.25) is 0 Å². The zero-order valence-corrected chi connectivity index (χ0v) is 23.6. The Balaban J connectivity index is 1.22. The number of benzene rings is 5. The number of hydrogen-bond donors (Lipinski definition) is 0. The van der Waals surface area contributed by atoms with E-state index in [9.17, 15) is 0 Å². The first-order chi connectivity index (χ1) is 20.8. The Morgan fingerprint density at radius 3 is 1.81 bits per heavy atom. The van der Waals surface area contributed by atoms with E-state index in [0.717, 1.165) is 27.8 Å². The van der Waals surface area contributed by atoms with E-state index < -0.39 is 12.4 Å². The van der Waals surface area contributed by atoms with Crippen LogP contribution >= 0.6 is 0 Å². The molecule has 1 aliphatic heterocycles. The molecule has 0 radical (unpaired) electrons. The molecular weight excluding hydrogens is 524 g/mol. The zero-order chi connectivity index (χ0) is 28.4. The van der Waals surface area contributed by atoms with Crippen LogP contribution in [0.3, 0.4) is 0 Å². The van der Waals surface area contributed by atoms with E-state index in [1.807, 2.05) is 72.8 Å². The molecule has 5 aromatic carbocycles. The van der Waals surface area contributed by atoms with Gasteiger partial charge in [-0.2, -0.15) is 0 Å². The first-order valence-corrected chi connectivity index (χ1v) is 14.5. The average Bonchev–Trinajstić information content (AvgIpc) is 3.05. The average molecular weight is 561 g/mol. The second kappa shape index (κ2) is 14.3. The standard InChI is InChI=1S/C37H36O5/c1-4-12-28(13-5-1)24-38-27-35-37(40-26-30-16-8-3-9-17-30)34(39-25-29-14-6-2-7-15-29)23-36(42-35)41-33-21-20-31-18-10-11-19-32(31)22-33/h1-22,34-37H,23-27H2/t34-,35?,36+,37-/m1/s1. The van der Waals surface area contributed by atoms with Crippen molar-refractivity contribution in [3.05, 3.63) is 150 Å². The molecule has 6 rings (SSSR count). The minimum absolute atomic E-state index is 0.265. The van der Waals surface area contributed by atoms with Crippen LogP contribution in [0, 0.1) is 0 Å². The Hall–Kier alpha value is -4.00. The molecule has 5 nitrogen and oxygen atoms in total. The molecule has 4 atom stereocenters. The van der Waals surface area contributed by atoms with Gasteiger partial charge in [-0.25, -0.2) is 0 Å². The Kier molecular flexibility index (Phi) is 9.55. The monoisotopic (exact) mass is 560 g/mol. The Morgan fingerprint density at radius 1 is 0.571 bits per heavy atom. The van der Waals surface area contributed by atoms with Gasteiger partial charge in [-0.05, 0) is 39.6 Å². The highest BCUT2D eigenvalue weighted by Crippen LogP contribution is 2.30. The molecule has 0 saturated carbocycles. The maximum Gasteiger partial charge on any atom is 0.202 e. The van der Waals surface area contributed by atoms with Gasteiger partial charge in [0.25, 0.3) is 0 Å². The van der Waals surface area contributed by atoms with Crippen LogP contribution in [0.4, 0.5) is 0 Å². The van der Waals surface area contributed by atoms with Crippen LogP contribution < -0.4 is 4.74 Å². The van der Waals surface area contributed by atoms with Crippen molar-refractivity contribution in [2.45, 2.75) is 50.8 Å². The molecule has 5 aromatic rings. The van der Waals surface area contributed by atoms with Gasteiger partial charge in [0, 0.05) is 6.42 Å².